The summed E-state index contributed by atoms with van der Waals surface area (Å²) in [6.45, 7) is 3.04. The lowest BCUT2D eigenvalue weighted by Crippen LogP contribution is -2.33. The van der Waals surface area contributed by atoms with E-state index in [0.29, 0.717) is 30.1 Å². The summed E-state index contributed by atoms with van der Waals surface area (Å²) in [5, 5.41) is 0.766. The van der Waals surface area contributed by atoms with Crippen molar-refractivity contribution >= 4 is 44.1 Å². The molecule has 1 aromatic carbocycles. The molecule has 0 radical (unpaired) electrons. The number of benzene rings is 1. The van der Waals surface area contributed by atoms with E-state index >= 15 is 0 Å². The molecule has 4 rings (SSSR count). The fraction of sp³-hybridized carbons (Fsp3) is 0.421. The number of amides is 1. The third-order valence-corrected chi connectivity index (χ3v) is 5.32. The van der Waals surface area contributed by atoms with Gasteiger partial charge in [0.2, 0.25) is 5.58 Å². The van der Waals surface area contributed by atoms with Crippen molar-refractivity contribution < 1.29 is 13.9 Å². The van der Waals surface area contributed by atoms with E-state index < -0.39 is 0 Å². The molecule has 1 fully saturated rings. The Labute approximate surface area is 163 Å². The number of furan rings is 1. The number of rotatable bonds is 4. The molecule has 0 aliphatic carbocycles. The Bertz CT molecular complexity index is 1060. The molecule has 27 heavy (non-hydrogen) atoms. The molecule has 2 aromatic heterocycles. The van der Waals surface area contributed by atoms with Crippen molar-refractivity contribution in [2.45, 2.75) is 38.6 Å². The van der Waals surface area contributed by atoms with E-state index in [1.165, 1.54) is 0 Å². The monoisotopic (exact) mass is 433 g/mol. The summed E-state index contributed by atoms with van der Waals surface area (Å²) in [6, 6.07) is 5.23. The van der Waals surface area contributed by atoms with E-state index in [2.05, 4.69) is 25.9 Å². The van der Waals surface area contributed by atoms with Crippen molar-refractivity contribution in [3.8, 4) is 0 Å². The van der Waals surface area contributed by atoms with Crippen LogP contribution in [-0.4, -0.2) is 34.1 Å². The maximum absolute atomic E-state index is 12.6. The van der Waals surface area contributed by atoms with E-state index in [0.717, 1.165) is 35.5 Å². The number of hydrogen-bond donors (Lipinski definition) is 1. The Morgan fingerprint density at radius 1 is 1.48 bits per heavy atom. The number of likely N-dealkylation sites (tertiary alicyclic amines) is 1. The van der Waals surface area contributed by atoms with Gasteiger partial charge in [-0.05, 0) is 37.5 Å². The summed E-state index contributed by atoms with van der Waals surface area (Å²) in [4.78, 5) is 34.1. The molecule has 1 amide bonds. The first-order valence-electron chi connectivity index (χ1n) is 9.14. The fourth-order valence-corrected chi connectivity index (χ4v) is 3.82. The molecule has 0 bridgehead atoms. The lowest BCUT2D eigenvalue weighted by Gasteiger charge is -2.23. The number of carbonyl (C=O) groups is 1. The van der Waals surface area contributed by atoms with Crippen molar-refractivity contribution in [3.63, 3.8) is 0 Å². The summed E-state index contributed by atoms with van der Waals surface area (Å²) < 4.78 is 11.9. The van der Waals surface area contributed by atoms with Crippen LogP contribution in [0.3, 0.4) is 0 Å². The minimum Gasteiger partial charge on any atom is -0.449 e. The second-order valence-electron chi connectivity index (χ2n) is 6.69. The van der Waals surface area contributed by atoms with Gasteiger partial charge in [-0.15, -0.1) is 0 Å². The summed E-state index contributed by atoms with van der Waals surface area (Å²) in [5.41, 5.74) is 0.970. The maximum Gasteiger partial charge on any atom is 0.410 e. The molecule has 1 unspecified atom stereocenters. The van der Waals surface area contributed by atoms with Gasteiger partial charge in [-0.2, -0.15) is 0 Å². The highest BCUT2D eigenvalue weighted by Gasteiger charge is 2.33. The summed E-state index contributed by atoms with van der Waals surface area (Å²) in [5.74, 6) is 0.472. The van der Waals surface area contributed by atoms with Gasteiger partial charge >= 0.3 is 6.09 Å². The molecule has 1 atom stereocenters. The highest BCUT2D eigenvalue weighted by molar-refractivity contribution is 9.10. The fourth-order valence-electron chi connectivity index (χ4n) is 3.46. The summed E-state index contributed by atoms with van der Waals surface area (Å²) in [6.07, 6.45) is 3.02. The molecule has 3 aromatic rings. The highest BCUT2D eigenvalue weighted by Crippen LogP contribution is 2.33. The number of nitrogens with one attached hydrogen (secondary N) is 1. The predicted octanol–water partition coefficient (Wildman–Crippen LogP) is 4.51. The number of hydrogen-bond acceptors (Lipinski definition) is 5. The van der Waals surface area contributed by atoms with Gasteiger partial charge < -0.3 is 14.1 Å². The van der Waals surface area contributed by atoms with Crippen molar-refractivity contribution in [1.29, 1.82) is 0 Å². The van der Waals surface area contributed by atoms with Crippen LogP contribution >= 0.6 is 15.9 Å². The Kier molecular flexibility index (Phi) is 4.90. The molecule has 0 saturated carbocycles. The minimum absolute atomic E-state index is 0.196. The standard InChI is InChI=1S/C19H20BrN3O4/c1-2-3-9-26-19(25)23-8-4-5-13(23)17-21-15-12-10-11(20)6-7-14(12)27-16(15)18(24)22-17/h6-7,10,13H,2-5,8-9H2,1H3,(H,21,22,24). The zero-order valence-electron chi connectivity index (χ0n) is 15.0. The Morgan fingerprint density at radius 3 is 3.15 bits per heavy atom. The highest BCUT2D eigenvalue weighted by atomic mass is 79.9. The molecule has 1 aliphatic heterocycles. The minimum atomic E-state index is -0.353. The smallest absolute Gasteiger partial charge is 0.410 e. The third kappa shape index (κ3) is 3.34. The second kappa shape index (κ2) is 7.34. The van der Waals surface area contributed by atoms with E-state index in [4.69, 9.17) is 9.15 Å². The van der Waals surface area contributed by atoms with Crippen molar-refractivity contribution in [2.24, 2.45) is 0 Å². The number of ether oxygens (including phenoxy) is 1. The molecule has 0 spiro atoms. The van der Waals surface area contributed by atoms with Gasteiger partial charge in [0, 0.05) is 16.4 Å². The van der Waals surface area contributed by atoms with Crippen molar-refractivity contribution in [3.05, 3.63) is 38.9 Å². The van der Waals surface area contributed by atoms with Crippen LogP contribution in [0.25, 0.3) is 22.1 Å². The van der Waals surface area contributed by atoms with Gasteiger partial charge in [-0.25, -0.2) is 9.78 Å². The Balaban J connectivity index is 1.72. The van der Waals surface area contributed by atoms with Crippen LogP contribution in [0.2, 0.25) is 0 Å². The lowest BCUT2D eigenvalue weighted by atomic mass is 10.2. The molecule has 3 heterocycles. The molecule has 1 aliphatic rings. The number of unbranched alkanes of at least 4 members (excludes halogenated alkanes) is 1. The number of fused-ring (bicyclic) bond motifs is 3. The van der Waals surface area contributed by atoms with Crippen LogP contribution in [0.15, 0.2) is 31.9 Å². The number of aromatic amines is 1. The van der Waals surface area contributed by atoms with Gasteiger partial charge in [0.15, 0.2) is 0 Å². The zero-order valence-corrected chi connectivity index (χ0v) is 16.5. The molecule has 1 N–H and O–H groups in total. The summed E-state index contributed by atoms with van der Waals surface area (Å²) in [7, 11) is 0. The molecule has 1 saturated heterocycles. The molecule has 8 heteroatoms. The topological polar surface area (TPSA) is 88.4 Å². The first-order chi connectivity index (χ1) is 13.1. The van der Waals surface area contributed by atoms with Crippen molar-refractivity contribution in [2.75, 3.05) is 13.2 Å². The van der Waals surface area contributed by atoms with E-state index in [9.17, 15) is 9.59 Å². The SMILES string of the molecule is CCCCOC(=O)N1CCCC1c1nc2c(oc3ccc(Br)cc32)c(=O)[nH]1. The molecule has 142 valence electrons. The number of halogens is 1. The van der Waals surface area contributed by atoms with Crippen LogP contribution in [0.1, 0.15) is 44.5 Å². The van der Waals surface area contributed by atoms with E-state index in [-0.39, 0.29) is 23.3 Å². The third-order valence-electron chi connectivity index (χ3n) is 4.83. The normalized spacial score (nSPS) is 17.1. The number of carbonyl (C=O) groups excluding carboxylic acids is 1. The first kappa shape index (κ1) is 18.0. The van der Waals surface area contributed by atoms with Crippen LogP contribution in [0.4, 0.5) is 4.79 Å². The van der Waals surface area contributed by atoms with Crippen LogP contribution in [0.5, 0.6) is 0 Å². The molecular weight excluding hydrogens is 414 g/mol. The summed E-state index contributed by atoms with van der Waals surface area (Å²) >= 11 is 3.44. The average molecular weight is 434 g/mol. The van der Waals surface area contributed by atoms with Crippen LogP contribution < -0.4 is 5.56 Å². The Hall–Kier alpha value is -2.35. The van der Waals surface area contributed by atoms with Gasteiger partial charge in [0.05, 0.1) is 12.6 Å². The molecule has 7 nitrogen and oxygen atoms in total. The average Bonchev–Trinajstić information content (AvgIpc) is 3.27. The van der Waals surface area contributed by atoms with Gasteiger partial charge in [-0.1, -0.05) is 29.3 Å². The van der Waals surface area contributed by atoms with E-state index in [1.807, 2.05) is 19.1 Å². The lowest BCUT2D eigenvalue weighted by molar-refractivity contribution is 0.0956. The zero-order chi connectivity index (χ0) is 19.0. The predicted molar refractivity (Wildman–Crippen MR) is 105 cm³/mol. The largest absolute Gasteiger partial charge is 0.449 e. The first-order valence-corrected chi connectivity index (χ1v) is 9.93. The quantitative estimate of drug-likeness (QED) is 0.611. The van der Waals surface area contributed by atoms with E-state index in [1.54, 1.807) is 11.0 Å². The van der Waals surface area contributed by atoms with Crippen LogP contribution in [0, 0.1) is 0 Å². The Morgan fingerprint density at radius 2 is 2.33 bits per heavy atom. The van der Waals surface area contributed by atoms with Gasteiger partial charge in [0.1, 0.15) is 16.9 Å². The van der Waals surface area contributed by atoms with Gasteiger partial charge in [0.25, 0.3) is 5.56 Å². The van der Waals surface area contributed by atoms with Gasteiger partial charge in [-0.3, -0.25) is 9.69 Å². The number of aromatic nitrogens is 2. The molecular formula is C19H20BrN3O4. The van der Waals surface area contributed by atoms with Crippen molar-refractivity contribution in [1.82, 2.24) is 14.9 Å². The van der Waals surface area contributed by atoms with Crippen LogP contribution in [-0.2, 0) is 4.74 Å². The number of H-pyrrole nitrogens is 1. The second-order valence-corrected chi connectivity index (χ2v) is 7.61. The maximum atomic E-state index is 12.6. The number of nitrogens with zero attached hydrogens (tertiary/aromatic N) is 2.